The van der Waals surface area contributed by atoms with Crippen molar-refractivity contribution in [3.05, 3.63) is 0 Å². The predicted octanol–water partition coefficient (Wildman–Crippen LogP) is -3.76. The third-order valence-electron chi connectivity index (χ3n) is 3.16. The summed E-state index contributed by atoms with van der Waals surface area (Å²) >= 11 is 0. The number of amides is 1. The van der Waals surface area contributed by atoms with Crippen molar-refractivity contribution < 1.29 is 40.6 Å². The Morgan fingerprint density at radius 1 is 0.963 bits per heavy atom. The first kappa shape index (κ1) is 26.1. The molecule has 27 heavy (non-hydrogen) atoms. The number of carbonyl (C=O) groups excluding carboxylic acids is 1. The van der Waals surface area contributed by atoms with E-state index in [2.05, 4.69) is 10.6 Å². The molecular formula is C12H28N4O9S2. The van der Waals surface area contributed by atoms with Crippen molar-refractivity contribution in [3.8, 4) is 0 Å². The molecule has 15 heteroatoms. The Bertz CT molecular complexity index is 641. The summed E-state index contributed by atoms with van der Waals surface area (Å²) in [6, 6.07) is -1.91. The summed E-state index contributed by atoms with van der Waals surface area (Å²) in [6.07, 6.45) is -1.10. The topological polar surface area (TPSA) is 231 Å². The summed E-state index contributed by atoms with van der Waals surface area (Å²) in [6.45, 7) is -0.234. The minimum atomic E-state index is -4.08. The summed E-state index contributed by atoms with van der Waals surface area (Å²) < 4.78 is 64.4. The highest BCUT2D eigenvalue weighted by molar-refractivity contribution is 7.86. The number of carbonyl (C=O) groups is 1. The maximum Gasteiger partial charge on any atom is 0.264 e. The SMILES string of the molecule is NC(COCC(N)C(O)NCCCS(=O)(=O)O)C(=O)NCCCS(=O)(=O)O. The average Bonchev–Trinajstić information content (AvgIpc) is 2.53. The van der Waals surface area contributed by atoms with E-state index in [0.29, 0.717) is 0 Å². The number of nitrogens with two attached hydrogens (primary N) is 2. The van der Waals surface area contributed by atoms with E-state index in [4.69, 9.17) is 25.3 Å². The van der Waals surface area contributed by atoms with Gasteiger partial charge in [-0.05, 0) is 19.4 Å². The van der Waals surface area contributed by atoms with Crippen molar-refractivity contribution in [3.63, 3.8) is 0 Å². The van der Waals surface area contributed by atoms with E-state index in [9.17, 15) is 26.7 Å². The zero-order chi connectivity index (χ0) is 21.1. The molecular weight excluding hydrogens is 408 g/mol. The number of ether oxygens (including phenoxy) is 1. The lowest BCUT2D eigenvalue weighted by Gasteiger charge is -2.21. The highest BCUT2D eigenvalue weighted by Gasteiger charge is 2.18. The van der Waals surface area contributed by atoms with E-state index >= 15 is 0 Å². The van der Waals surface area contributed by atoms with Gasteiger partial charge in [0.25, 0.3) is 20.2 Å². The van der Waals surface area contributed by atoms with Crippen LogP contribution in [0.1, 0.15) is 12.8 Å². The molecule has 0 aliphatic carbocycles. The van der Waals surface area contributed by atoms with Gasteiger partial charge in [0, 0.05) is 6.54 Å². The van der Waals surface area contributed by atoms with Crippen LogP contribution in [-0.2, 0) is 29.8 Å². The van der Waals surface area contributed by atoms with Crippen molar-refractivity contribution in [1.82, 2.24) is 10.6 Å². The fourth-order valence-corrected chi connectivity index (χ4v) is 2.77. The maximum atomic E-state index is 11.6. The molecule has 3 unspecified atom stereocenters. The number of rotatable bonds is 15. The highest BCUT2D eigenvalue weighted by Crippen LogP contribution is 1.93. The Kier molecular flexibility index (Phi) is 12.1. The van der Waals surface area contributed by atoms with Crippen molar-refractivity contribution in [1.29, 1.82) is 0 Å². The van der Waals surface area contributed by atoms with Gasteiger partial charge in [-0.15, -0.1) is 0 Å². The molecule has 0 heterocycles. The standard InChI is InChI=1S/C12H28N4O9S2/c13-9(11(17)15-3-1-5-26(19,20)21)7-25-8-10(14)12(18)16-4-2-6-27(22,23)24/h9-11,15,17H,1-8,13-14H2,(H,16,18)(H,19,20,21)(H,22,23,24). The van der Waals surface area contributed by atoms with Gasteiger partial charge in [0.1, 0.15) is 12.3 Å². The zero-order valence-electron chi connectivity index (χ0n) is 14.7. The van der Waals surface area contributed by atoms with Crippen LogP contribution in [-0.4, -0.2) is 93.1 Å². The minimum absolute atomic E-state index is 0.0119. The minimum Gasteiger partial charge on any atom is -0.378 e. The summed E-state index contributed by atoms with van der Waals surface area (Å²) in [5.41, 5.74) is 11.2. The van der Waals surface area contributed by atoms with Crippen LogP contribution in [0, 0.1) is 0 Å². The zero-order valence-corrected chi connectivity index (χ0v) is 16.3. The molecule has 0 spiro atoms. The van der Waals surface area contributed by atoms with Crippen LogP contribution in [0.3, 0.4) is 0 Å². The second-order valence-electron chi connectivity index (χ2n) is 5.78. The van der Waals surface area contributed by atoms with E-state index in [-0.39, 0.29) is 39.1 Å². The van der Waals surface area contributed by atoms with E-state index in [0.717, 1.165) is 0 Å². The summed E-state index contributed by atoms with van der Waals surface area (Å²) in [7, 11) is -8.14. The summed E-state index contributed by atoms with van der Waals surface area (Å²) in [4.78, 5) is 11.6. The van der Waals surface area contributed by atoms with Crippen LogP contribution in [0.5, 0.6) is 0 Å². The lowest BCUT2D eigenvalue weighted by atomic mass is 10.2. The average molecular weight is 437 g/mol. The second-order valence-corrected chi connectivity index (χ2v) is 8.92. The molecule has 13 nitrogen and oxygen atoms in total. The van der Waals surface area contributed by atoms with Crippen molar-refractivity contribution in [2.24, 2.45) is 11.5 Å². The number of aliphatic hydroxyl groups is 1. The van der Waals surface area contributed by atoms with Crippen LogP contribution in [0.15, 0.2) is 0 Å². The molecule has 0 aromatic heterocycles. The number of hydrogen-bond donors (Lipinski definition) is 7. The van der Waals surface area contributed by atoms with Gasteiger partial charge in [0.05, 0.1) is 30.8 Å². The molecule has 0 aromatic rings. The van der Waals surface area contributed by atoms with Gasteiger partial charge < -0.3 is 26.6 Å². The second kappa shape index (κ2) is 12.5. The van der Waals surface area contributed by atoms with Gasteiger partial charge in [-0.1, -0.05) is 0 Å². The van der Waals surface area contributed by atoms with Crippen molar-refractivity contribution in [2.75, 3.05) is 37.8 Å². The lowest BCUT2D eigenvalue weighted by Crippen LogP contribution is -2.49. The third kappa shape index (κ3) is 15.8. The quantitative estimate of drug-likeness (QED) is 0.0745. The molecule has 0 aromatic carbocycles. The normalized spacial score (nSPS) is 15.9. The molecule has 162 valence electrons. The fourth-order valence-electron chi connectivity index (χ4n) is 1.75. The molecule has 0 aliphatic rings. The van der Waals surface area contributed by atoms with Crippen LogP contribution < -0.4 is 22.1 Å². The first-order valence-corrected chi connectivity index (χ1v) is 11.2. The van der Waals surface area contributed by atoms with Crippen LogP contribution >= 0.6 is 0 Å². The first-order valence-electron chi connectivity index (χ1n) is 8.00. The summed E-state index contributed by atoms with van der Waals surface area (Å²) in [5.74, 6) is -1.52. The van der Waals surface area contributed by atoms with E-state index in [1.165, 1.54) is 0 Å². The predicted molar refractivity (Wildman–Crippen MR) is 95.9 cm³/mol. The molecule has 0 radical (unpaired) electrons. The Morgan fingerprint density at radius 3 is 2.00 bits per heavy atom. The molecule has 3 atom stereocenters. The van der Waals surface area contributed by atoms with Crippen LogP contribution in [0.2, 0.25) is 0 Å². The Morgan fingerprint density at radius 2 is 1.48 bits per heavy atom. The molecule has 1 amide bonds. The largest absolute Gasteiger partial charge is 0.378 e. The molecule has 0 saturated heterocycles. The van der Waals surface area contributed by atoms with Crippen molar-refractivity contribution >= 4 is 26.1 Å². The fraction of sp³-hybridized carbons (Fsp3) is 0.917. The smallest absolute Gasteiger partial charge is 0.264 e. The monoisotopic (exact) mass is 436 g/mol. The van der Waals surface area contributed by atoms with Crippen LogP contribution in [0.4, 0.5) is 0 Å². The number of nitrogens with one attached hydrogen (secondary N) is 2. The van der Waals surface area contributed by atoms with Gasteiger partial charge in [-0.3, -0.25) is 19.2 Å². The number of hydrogen-bond acceptors (Lipinski definition) is 10. The molecule has 0 fully saturated rings. The molecule has 0 bridgehead atoms. The molecule has 0 aliphatic heterocycles. The molecule has 0 saturated carbocycles. The number of aliphatic hydroxyl groups excluding tert-OH is 1. The van der Waals surface area contributed by atoms with E-state index in [1.54, 1.807) is 0 Å². The van der Waals surface area contributed by atoms with Crippen molar-refractivity contribution in [2.45, 2.75) is 31.2 Å². The van der Waals surface area contributed by atoms with E-state index in [1.807, 2.05) is 0 Å². The Balaban J connectivity index is 3.90. The lowest BCUT2D eigenvalue weighted by molar-refractivity contribution is -0.123. The van der Waals surface area contributed by atoms with Gasteiger partial charge in [0.2, 0.25) is 5.91 Å². The highest BCUT2D eigenvalue weighted by atomic mass is 32.2. The summed E-state index contributed by atoms with van der Waals surface area (Å²) in [5, 5.41) is 14.7. The maximum absolute atomic E-state index is 11.6. The van der Waals surface area contributed by atoms with Gasteiger partial charge >= 0.3 is 0 Å². The molecule has 9 N–H and O–H groups in total. The van der Waals surface area contributed by atoms with Gasteiger partial charge in [0.15, 0.2) is 0 Å². The van der Waals surface area contributed by atoms with Gasteiger partial charge in [-0.2, -0.15) is 16.8 Å². The van der Waals surface area contributed by atoms with E-state index < -0.39 is 56.0 Å². The van der Waals surface area contributed by atoms with Crippen LogP contribution in [0.25, 0.3) is 0 Å². The Hall–Kier alpha value is -0.910. The molecule has 0 rings (SSSR count). The van der Waals surface area contributed by atoms with Gasteiger partial charge in [-0.25, -0.2) is 0 Å². The Labute approximate surface area is 158 Å². The third-order valence-corrected chi connectivity index (χ3v) is 4.77. The first-order chi connectivity index (χ1) is 12.3.